The lowest BCUT2D eigenvalue weighted by molar-refractivity contribution is -0.142. The molecule has 0 aromatic heterocycles. The van der Waals surface area contributed by atoms with Gasteiger partial charge in [0.1, 0.15) is 6.61 Å². The molecule has 0 radical (unpaired) electrons. The van der Waals surface area contributed by atoms with E-state index in [0.29, 0.717) is 25.4 Å². The van der Waals surface area contributed by atoms with Crippen LogP contribution in [0, 0.1) is 18.8 Å². The van der Waals surface area contributed by atoms with E-state index in [4.69, 9.17) is 16.3 Å². The lowest BCUT2D eigenvalue weighted by Gasteiger charge is -2.44. The van der Waals surface area contributed by atoms with Crippen molar-refractivity contribution in [2.24, 2.45) is 11.8 Å². The number of carbonyl (C=O) groups excluding carboxylic acids is 2. The molecule has 4 fully saturated rings. The zero-order valence-electron chi connectivity index (χ0n) is 14.9. The number of likely N-dealkylation sites (tertiary alicyclic amines) is 1. The molecule has 1 aromatic rings. The Morgan fingerprint density at radius 3 is 2.81 bits per heavy atom. The molecule has 0 bridgehead atoms. The summed E-state index contributed by atoms with van der Waals surface area (Å²) in [7, 11) is 0. The van der Waals surface area contributed by atoms with Gasteiger partial charge in [0.2, 0.25) is 5.91 Å². The minimum Gasteiger partial charge on any atom is -0.447 e. The van der Waals surface area contributed by atoms with E-state index in [2.05, 4.69) is 23.5 Å². The fourth-order valence-electron chi connectivity index (χ4n) is 5.25. The number of hydrogen-bond donors (Lipinski definition) is 1. The molecule has 138 valence electrons. The summed E-state index contributed by atoms with van der Waals surface area (Å²) in [6, 6.07) is 6.43. The molecule has 26 heavy (non-hydrogen) atoms. The Morgan fingerprint density at radius 2 is 2.15 bits per heavy atom. The first-order valence-corrected chi connectivity index (χ1v) is 9.79. The number of cyclic esters (lactones) is 1. The van der Waals surface area contributed by atoms with Gasteiger partial charge in [-0.15, -0.1) is 0 Å². The molecule has 2 saturated heterocycles. The Hall–Kier alpha value is -1.75. The van der Waals surface area contributed by atoms with Crippen molar-refractivity contribution in [3.05, 3.63) is 34.3 Å². The summed E-state index contributed by atoms with van der Waals surface area (Å²) in [6.07, 6.45) is 3.22. The third kappa shape index (κ3) is 2.36. The molecule has 2 aliphatic carbocycles. The lowest BCUT2D eigenvalue weighted by atomic mass is 9.68. The summed E-state index contributed by atoms with van der Waals surface area (Å²) in [5.41, 5.74) is 2.38. The summed E-state index contributed by atoms with van der Waals surface area (Å²) in [6.45, 7) is 4.08. The van der Waals surface area contributed by atoms with Crippen molar-refractivity contribution in [2.45, 2.75) is 43.6 Å². The van der Waals surface area contributed by atoms with Crippen molar-refractivity contribution in [3.8, 4) is 0 Å². The number of fused-ring (bicyclic) bond motifs is 1. The monoisotopic (exact) mass is 374 g/mol. The summed E-state index contributed by atoms with van der Waals surface area (Å²) in [5, 5.41) is 3.70. The first-order chi connectivity index (χ1) is 12.4. The highest BCUT2D eigenvalue weighted by molar-refractivity contribution is 6.31. The van der Waals surface area contributed by atoms with Crippen molar-refractivity contribution < 1.29 is 14.3 Å². The van der Waals surface area contributed by atoms with E-state index in [-0.39, 0.29) is 28.9 Å². The van der Waals surface area contributed by atoms with Crippen LogP contribution in [0.15, 0.2) is 18.2 Å². The minimum atomic E-state index is -0.353. The van der Waals surface area contributed by atoms with Gasteiger partial charge >= 0.3 is 6.09 Å². The molecule has 2 heterocycles. The van der Waals surface area contributed by atoms with Gasteiger partial charge in [-0.1, -0.05) is 23.7 Å². The van der Waals surface area contributed by atoms with Gasteiger partial charge in [0.15, 0.2) is 0 Å². The van der Waals surface area contributed by atoms with E-state index in [1.165, 1.54) is 5.56 Å². The van der Waals surface area contributed by atoms with Crippen LogP contribution in [0.25, 0.3) is 0 Å². The molecule has 2 atom stereocenters. The van der Waals surface area contributed by atoms with Crippen LogP contribution < -0.4 is 5.32 Å². The van der Waals surface area contributed by atoms with Crippen molar-refractivity contribution in [1.82, 2.24) is 10.2 Å². The van der Waals surface area contributed by atoms with Crippen LogP contribution in [0.3, 0.4) is 0 Å². The SMILES string of the molecule is Cc1ccc(C23CCN(C(=O)[C@H]4C[C@]5(COC(=O)N5)C4)CC2C3)cc1Cl. The lowest BCUT2D eigenvalue weighted by Crippen LogP contribution is -2.58. The normalized spacial score (nSPS) is 37.6. The predicted molar refractivity (Wildman–Crippen MR) is 97.1 cm³/mol. The Bertz CT molecular complexity index is 804. The number of benzene rings is 1. The number of nitrogens with one attached hydrogen (secondary N) is 1. The van der Waals surface area contributed by atoms with Gasteiger partial charge in [-0.05, 0) is 55.7 Å². The fourth-order valence-corrected chi connectivity index (χ4v) is 5.43. The minimum absolute atomic E-state index is 0.0251. The van der Waals surface area contributed by atoms with Gasteiger partial charge in [0.25, 0.3) is 0 Å². The summed E-state index contributed by atoms with van der Waals surface area (Å²) in [4.78, 5) is 26.2. The van der Waals surface area contributed by atoms with Gasteiger partial charge in [0.05, 0.1) is 5.54 Å². The predicted octanol–water partition coefficient (Wildman–Crippen LogP) is 3.03. The van der Waals surface area contributed by atoms with E-state index in [0.717, 1.165) is 36.5 Å². The van der Waals surface area contributed by atoms with Gasteiger partial charge in [0, 0.05) is 29.4 Å². The van der Waals surface area contributed by atoms with Crippen LogP contribution >= 0.6 is 11.6 Å². The third-order valence-electron chi connectivity index (χ3n) is 7.03. The molecule has 5 nitrogen and oxygen atoms in total. The molecule has 5 rings (SSSR count). The molecule has 2 unspecified atom stereocenters. The van der Waals surface area contributed by atoms with Crippen molar-refractivity contribution in [3.63, 3.8) is 0 Å². The number of piperidine rings is 1. The Labute approximate surface area is 158 Å². The number of amides is 2. The molecular weight excluding hydrogens is 352 g/mol. The highest BCUT2D eigenvalue weighted by Gasteiger charge is 2.59. The van der Waals surface area contributed by atoms with Crippen LogP contribution in [0.5, 0.6) is 0 Å². The summed E-state index contributed by atoms with van der Waals surface area (Å²) >= 11 is 6.33. The number of rotatable bonds is 2. The van der Waals surface area contributed by atoms with Crippen molar-refractivity contribution in [2.75, 3.05) is 19.7 Å². The van der Waals surface area contributed by atoms with Crippen molar-refractivity contribution >= 4 is 23.6 Å². The van der Waals surface area contributed by atoms with Crippen LogP contribution in [-0.4, -0.2) is 42.1 Å². The molecule has 1 N–H and O–H groups in total. The summed E-state index contributed by atoms with van der Waals surface area (Å²) in [5.74, 6) is 0.818. The second-order valence-corrected chi connectivity index (χ2v) is 9.05. The number of halogens is 1. The van der Waals surface area contributed by atoms with Crippen LogP contribution in [-0.2, 0) is 14.9 Å². The Morgan fingerprint density at radius 1 is 1.35 bits per heavy atom. The maximum atomic E-state index is 12.9. The maximum absolute atomic E-state index is 12.9. The zero-order valence-corrected chi connectivity index (χ0v) is 15.6. The third-order valence-corrected chi connectivity index (χ3v) is 7.44. The number of ether oxygens (including phenoxy) is 1. The van der Waals surface area contributed by atoms with Gasteiger partial charge in [-0.2, -0.15) is 0 Å². The molecule has 1 spiro atoms. The van der Waals surface area contributed by atoms with Gasteiger partial charge < -0.3 is 15.0 Å². The molecule has 2 aliphatic heterocycles. The molecular formula is C20H23ClN2O3. The molecule has 1 aromatic carbocycles. The first-order valence-electron chi connectivity index (χ1n) is 9.41. The fraction of sp³-hybridized carbons (Fsp3) is 0.600. The summed E-state index contributed by atoms with van der Waals surface area (Å²) < 4.78 is 5.00. The van der Waals surface area contributed by atoms with Gasteiger partial charge in [-0.25, -0.2) is 4.79 Å². The number of alkyl carbamates (subject to hydrolysis) is 1. The van der Waals surface area contributed by atoms with Crippen LogP contribution in [0.4, 0.5) is 4.79 Å². The largest absolute Gasteiger partial charge is 0.447 e. The number of nitrogens with zero attached hydrogens (tertiary/aromatic N) is 1. The highest BCUT2D eigenvalue weighted by Crippen LogP contribution is 2.59. The average Bonchev–Trinajstić information content (AvgIpc) is 3.21. The first kappa shape index (κ1) is 16.4. The number of aryl methyl sites for hydroxylation is 1. The average molecular weight is 375 g/mol. The molecule has 4 aliphatic rings. The Balaban J connectivity index is 1.22. The molecule has 6 heteroatoms. The van der Waals surface area contributed by atoms with Crippen molar-refractivity contribution in [1.29, 1.82) is 0 Å². The number of hydrogen-bond acceptors (Lipinski definition) is 3. The van der Waals surface area contributed by atoms with E-state index in [1.54, 1.807) is 0 Å². The smallest absolute Gasteiger partial charge is 0.407 e. The van der Waals surface area contributed by atoms with Crippen LogP contribution in [0.2, 0.25) is 5.02 Å². The molecule has 2 saturated carbocycles. The van der Waals surface area contributed by atoms with E-state index in [1.807, 2.05) is 11.8 Å². The van der Waals surface area contributed by atoms with Crippen LogP contribution in [0.1, 0.15) is 36.8 Å². The second-order valence-electron chi connectivity index (χ2n) is 8.64. The number of carbonyl (C=O) groups is 2. The zero-order chi connectivity index (χ0) is 18.1. The van der Waals surface area contributed by atoms with Gasteiger partial charge in [-0.3, -0.25) is 4.79 Å². The standard InChI is InChI=1S/C20H23ClN2O3/c1-12-2-3-14(6-16(12)21)20-4-5-23(10-15(20)9-20)17(24)13-7-19(8-13)11-26-18(25)22-19/h2-3,6,13,15H,4-5,7-11H2,1H3,(H,22,25)/t13-,15?,19+,20?. The van der Waals surface area contributed by atoms with E-state index >= 15 is 0 Å². The Kier molecular flexibility index (Phi) is 3.40. The quantitative estimate of drug-likeness (QED) is 0.865. The van der Waals surface area contributed by atoms with E-state index < -0.39 is 0 Å². The molecule has 2 amide bonds. The highest BCUT2D eigenvalue weighted by atomic mass is 35.5. The second kappa shape index (κ2) is 5.38. The maximum Gasteiger partial charge on any atom is 0.407 e. The van der Waals surface area contributed by atoms with E-state index in [9.17, 15) is 9.59 Å². The topological polar surface area (TPSA) is 58.6 Å².